The highest BCUT2D eigenvalue weighted by Gasteiger charge is 2.29. The number of halogens is 1. The van der Waals surface area contributed by atoms with Crippen LogP contribution in [0.3, 0.4) is 0 Å². The van der Waals surface area contributed by atoms with Crippen LogP contribution in [0, 0.1) is 35.0 Å². The SMILES string of the molecule is COc1cccc([C@H](O)C(C)(C)/C=C/C#C/C=C/[C@@H]2OC(=O)/C=C\C[C@H](C)C[C@H](OC(N)=O)C[C@H](C)/C=C/[C@H]2C)c1Br. The summed E-state index contributed by atoms with van der Waals surface area (Å²) >= 11 is 3.52. The first-order chi connectivity index (χ1) is 19.8. The minimum Gasteiger partial charge on any atom is -0.496 e. The molecule has 1 aliphatic rings. The second-order valence-electron chi connectivity index (χ2n) is 11.5. The van der Waals surface area contributed by atoms with Gasteiger partial charge in [0.2, 0.25) is 0 Å². The number of cyclic esters (lactones) is 1. The van der Waals surface area contributed by atoms with Crippen LogP contribution in [0.5, 0.6) is 5.75 Å². The molecule has 0 saturated heterocycles. The van der Waals surface area contributed by atoms with E-state index < -0.39 is 29.7 Å². The molecule has 0 spiro atoms. The number of hydrogen-bond acceptors (Lipinski definition) is 6. The molecule has 0 fully saturated rings. The van der Waals surface area contributed by atoms with E-state index in [4.69, 9.17) is 19.9 Å². The summed E-state index contributed by atoms with van der Waals surface area (Å²) < 4.78 is 17.2. The van der Waals surface area contributed by atoms with Crippen LogP contribution in [-0.4, -0.2) is 36.5 Å². The van der Waals surface area contributed by atoms with Gasteiger partial charge in [0.25, 0.3) is 0 Å². The molecular formula is C34H44BrNO6. The third-order valence-electron chi connectivity index (χ3n) is 7.15. The lowest BCUT2D eigenvalue weighted by Crippen LogP contribution is -2.26. The highest BCUT2D eigenvalue weighted by atomic mass is 79.9. The zero-order valence-corrected chi connectivity index (χ0v) is 27.0. The highest BCUT2D eigenvalue weighted by Crippen LogP contribution is 2.40. The maximum Gasteiger partial charge on any atom is 0.404 e. The number of nitrogens with two attached hydrogens (primary N) is 1. The van der Waals surface area contributed by atoms with E-state index in [2.05, 4.69) is 34.7 Å². The molecule has 228 valence electrons. The molecule has 1 heterocycles. The van der Waals surface area contributed by atoms with Crippen molar-refractivity contribution in [3.05, 3.63) is 76.8 Å². The fourth-order valence-electron chi connectivity index (χ4n) is 4.65. The van der Waals surface area contributed by atoms with Crippen molar-refractivity contribution in [2.24, 2.45) is 28.9 Å². The van der Waals surface area contributed by atoms with Crippen LogP contribution in [0.4, 0.5) is 4.79 Å². The molecule has 1 aromatic rings. The number of hydrogen-bond donors (Lipinski definition) is 2. The van der Waals surface area contributed by atoms with E-state index in [9.17, 15) is 14.7 Å². The Morgan fingerprint density at radius 2 is 1.90 bits per heavy atom. The normalized spacial score (nSPS) is 26.4. The van der Waals surface area contributed by atoms with Crippen molar-refractivity contribution >= 4 is 28.0 Å². The quantitative estimate of drug-likeness (QED) is 0.193. The number of amides is 1. The molecule has 0 saturated carbocycles. The maximum atomic E-state index is 12.5. The Bertz CT molecular complexity index is 1240. The first-order valence-electron chi connectivity index (χ1n) is 14.2. The van der Waals surface area contributed by atoms with Crippen molar-refractivity contribution in [1.29, 1.82) is 0 Å². The Labute approximate surface area is 259 Å². The zero-order chi connectivity index (χ0) is 31.3. The monoisotopic (exact) mass is 641 g/mol. The van der Waals surface area contributed by atoms with Crippen LogP contribution in [0.1, 0.15) is 65.5 Å². The average Bonchev–Trinajstić information content (AvgIpc) is 2.91. The molecule has 0 radical (unpaired) electrons. The molecule has 2 rings (SSSR count). The van der Waals surface area contributed by atoms with E-state index >= 15 is 0 Å². The Balaban J connectivity index is 2.16. The van der Waals surface area contributed by atoms with Crippen LogP contribution in [0.2, 0.25) is 0 Å². The van der Waals surface area contributed by atoms with Gasteiger partial charge in [-0.05, 0) is 76.9 Å². The van der Waals surface area contributed by atoms with E-state index in [0.29, 0.717) is 29.5 Å². The summed E-state index contributed by atoms with van der Waals surface area (Å²) in [6.07, 6.45) is 13.9. The topological polar surface area (TPSA) is 108 Å². The van der Waals surface area contributed by atoms with E-state index in [-0.39, 0.29) is 23.9 Å². The molecule has 1 aliphatic heterocycles. The number of carbonyl (C=O) groups is 2. The maximum absolute atomic E-state index is 12.5. The lowest BCUT2D eigenvalue weighted by Gasteiger charge is -2.28. The van der Waals surface area contributed by atoms with Crippen molar-refractivity contribution in [3.63, 3.8) is 0 Å². The van der Waals surface area contributed by atoms with Crippen molar-refractivity contribution < 1.29 is 28.9 Å². The molecular weight excluding hydrogens is 598 g/mol. The van der Waals surface area contributed by atoms with Crippen molar-refractivity contribution in [3.8, 4) is 17.6 Å². The Morgan fingerprint density at radius 1 is 1.19 bits per heavy atom. The van der Waals surface area contributed by atoms with Gasteiger partial charge < -0.3 is 25.1 Å². The number of aliphatic hydroxyl groups is 1. The summed E-state index contributed by atoms with van der Waals surface area (Å²) in [6.45, 7) is 9.92. The van der Waals surface area contributed by atoms with Gasteiger partial charge >= 0.3 is 12.1 Å². The number of methoxy groups -OCH3 is 1. The first kappa shape index (κ1) is 34.9. The summed E-state index contributed by atoms with van der Waals surface area (Å²) in [6, 6.07) is 5.52. The predicted octanol–water partition coefficient (Wildman–Crippen LogP) is 7.21. The molecule has 42 heavy (non-hydrogen) atoms. The van der Waals surface area contributed by atoms with Gasteiger partial charge in [0, 0.05) is 17.4 Å². The molecule has 1 aromatic carbocycles. The van der Waals surface area contributed by atoms with Crippen LogP contribution < -0.4 is 10.5 Å². The summed E-state index contributed by atoms with van der Waals surface area (Å²) in [4.78, 5) is 23.9. The average molecular weight is 643 g/mol. The number of allylic oxidation sites excluding steroid dienone is 4. The fourth-order valence-corrected chi connectivity index (χ4v) is 5.29. The molecule has 0 aliphatic carbocycles. The lowest BCUT2D eigenvalue weighted by molar-refractivity contribution is -0.142. The van der Waals surface area contributed by atoms with Gasteiger partial charge in [-0.1, -0.05) is 82.9 Å². The van der Waals surface area contributed by atoms with Gasteiger partial charge in [-0.2, -0.15) is 0 Å². The predicted molar refractivity (Wildman–Crippen MR) is 169 cm³/mol. The lowest BCUT2D eigenvalue weighted by atomic mass is 9.82. The van der Waals surface area contributed by atoms with Crippen LogP contribution in [0.15, 0.2) is 71.3 Å². The number of benzene rings is 1. The van der Waals surface area contributed by atoms with Crippen LogP contribution in [0.25, 0.3) is 0 Å². The zero-order valence-electron chi connectivity index (χ0n) is 25.4. The summed E-state index contributed by atoms with van der Waals surface area (Å²) in [7, 11) is 1.59. The molecule has 7 nitrogen and oxygen atoms in total. The van der Waals surface area contributed by atoms with Gasteiger partial charge in [0.05, 0.1) is 17.7 Å². The number of primary amides is 1. The van der Waals surface area contributed by atoms with Gasteiger partial charge in [-0.25, -0.2) is 9.59 Å². The molecule has 3 N–H and O–H groups in total. The van der Waals surface area contributed by atoms with E-state index in [1.54, 1.807) is 31.4 Å². The number of esters is 1. The number of carbonyl (C=O) groups excluding carboxylic acids is 2. The second-order valence-corrected chi connectivity index (χ2v) is 12.3. The summed E-state index contributed by atoms with van der Waals surface area (Å²) in [5, 5.41) is 11.0. The highest BCUT2D eigenvalue weighted by molar-refractivity contribution is 9.10. The third kappa shape index (κ3) is 11.5. The van der Waals surface area contributed by atoms with Crippen molar-refractivity contribution in [2.45, 2.75) is 72.2 Å². The summed E-state index contributed by atoms with van der Waals surface area (Å²) in [5.74, 6) is 6.37. The Hall–Kier alpha value is -3.28. The molecule has 6 atom stereocenters. The van der Waals surface area contributed by atoms with Crippen LogP contribution in [-0.2, 0) is 14.3 Å². The smallest absolute Gasteiger partial charge is 0.404 e. The van der Waals surface area contributed by atoms with Gasteiger partial charge in [-0.3, -0.25) is 0 Å². The number of aliphatic hydroxyl groups excluding tert-OH is 1. The number of ether oxygens (including phenoxy) is 3. The Kier molecular flexibility index (Phi) is 14.1. The van der Waals surface area contributed by atoms with Crippen molar-refractivity contribution in [2.75, 3.05) is 7.11 Å². The van der Waals surface area contributed by atoms with Gasteiger partial charge in [0.1, 0.15) is 18.0 Å². The molecule has 0 unspecified atom stereocenters. The molecule has 8 heteroatoms. The molecule has 0 bridgehead atoms. The Morgan fingerprint density at radius 3 is 2.60 bits per heavy atom. The van der Waals surface area contributed by atoms with Crippen LogP contribution >= 0.6 is 15.9 Å². The van der Waals surface area contributed by atoms with Gasteiger partial charge in [0.15, 0.2) is 0 Å². The number of rotatable bonds is 6. The molecule has 1 amide bonds. The van der Waals surface area contributed by atoms with E-state index in [1.165, 1.54) is 6.08 Å². The minimum atomic E-state index is -0.789. The van der Waals surface area contributed by atoms with Gasteiger partial charge in [-0.15, -0.1) is 0 Å². The fraction of sp³-hybridized carbons (Fsp3) is 0.471. The second kappa shape index (κ2) is 17.0. The third-order valence-corrected chi connectivity index (χ3v) is 8.00. The van der Waals surface area contributed by atoms with E-state index in [0.717, 1.165) is 5.56 Å². The first-order valence-corrected chi connectivity index (χ1v) is 15.0. The largest absolute Gasteiger partial charge is 0.496 e. The van der Waals surface area contributed by atoms with E-state index in [1.807, 2.05) is 64.1 Å². The summed E-state index contributed by atoms with van der Waals surface area (Å²) in [5.41, 5.74) is 5.41. The standard InChI is InChI=1S/C34H44BrNO6/c1-23-13-11-17-30(37)42-28(25(3)19-18-24(2)22-26(21-23)41-33(36)39)15-9-7-8-10-20-34(4,5)32(38)27-14-12-16-29(40-6)31(27)35/h9-12,14-20,23-26,28,32,38H,13,21-22H2,1-6H3,(H2,36,39)/b15-9+,17-11-,19-18+,20-10+/t23-,24+,25+,26-,28-,32-/m0/s1. The molecule has 0 aromatic heterocycles. The van der Waals surface area contributed by atoms with Crippen molar-refractivity contribution in [1.82, 2.24) is 0 Å². The minimum absolute atomic E-state index is 0.119.